The minimum Gasteiger partial charge on any atom is -0.462 e. The SMILES string of the molecule is CCOC(=O)c1c(N2CCN(C(=O)c3cccs3)CC2)c2cc(Cl)ccc2n(CCCNNC)c1=O. The first kappa shape index (κ1) is 26.2. The third kappa shape index (κ3) is 5.41. The number of hydrazine groups is 1. The summed E-state index contributed by atoms with van der Waals surface area (Å²) in [5.41, 5.74) is 6.73. The van der Waals surface area contributed by atoms with Gasteiger partial charge in [0.25, 0.3) is 11.5 Å². The number of hydrogen-bond donors (Lipinski definition) is 2. The van der Waals surface area contributed by atoms with Crippen molar-refractivity contribution in [2.24, 2.45) is 0 Å². The summed E-state index contributed by atoms with van der Waals surface area (Å²) in [4.78, 5) is 44.2. The standard InChI is InChI=1S/C25H30ClN5O4S/c1-3-35-25(34)21-22(29-11-13-30(14-12-29)23(32)20-6-4-15-36-20)18-16-17(26)7-8-19(18)31(24(21)33)10-5-9-28-27-2/h4,6-8,15-16,27-28H,3,5,9-14H2,1-2H3. The van der Waals surface area contributed by atoms with Gasteiger partial charge in [-0.05, 0) is 50.0 Å². The summed E-state index contributed by atoms with van der Waals surface area (Å²) in [6.07, 6.45) is 0.670. The quantitative estimate of drug-likeness (QED) is 0.249. The lowest BCUT2D eigenvalue weighted by Gasteiger charge is -2.37. The van der Waals surface area contributed by atoms with Gasteiger partial charge >= 0.3 is 5.97 Å². The van der Waals surface area contributed by atoms with E-state index in [0.29, 0.717) is 72.2 Å². The Bertz CT molecular complexity index is 1290. The Morgan fingerprint density at radius 2 is 1.94 bits per heavy atom. The summed E-state index contributed by atoms with van der Waals surface area (Å²) in [5.74, 6) is -0.660. The Hall–Kier alpha value is -2.92. The lowest BCUT2D eigenvalue weighted by molar-refractivity contribution is 0.0523. The second-order valence-electron chi connectivity index (χ2n) is 8.35. The van der Waals surface area contributed by atoms with Crippen molar-refractivity contribution in [3.63, 3.8) is 0 Å². The van der Waals surface area contributed by atoms with E-state index in [9.17, 15) is 14.4 Å². The monoisotopic (exact) mass is 531 g/mol. The number of carbonyl (C=O) groups excluding carboxylic acids is 2. The van der Waals surface area contributed by atoms with E-state index in [1.807, 2.05) is 28.5 Å². The van der Waals surface area contributed by atoms with Crippen molar-refractivity contribution < 1.29 is 14.3 Å². The highest BCUT2D eigenvalue weighted by molar-refractivity contribution is 7.12. The molecule has 1 aliphatic rings. The van der Waals surface area contributed by atoms with Gasteiger partial charge in [-0.15, -0.1) is 11.3 Å². The van der Waals surface area contributed by atoms with Gasteiger partial charge in [-0.2, -0.15) is 0 Å². The fraction of sp³-hybridized carbons (Fsp3) is 0.400. The molecule has 1 saturated heterocycles. The van der Waals surface area contributed by atoms with E-state index in [0.717, 1.165) is 0 Å². The number of halogens is 1. The number of aryl methyl sites for hydroxylation is 1. The molecule has 0 bridgehead atoms. The average Bonchev–Trinajstić information content (AvgIpc) is 3.42. The fourth-order valence-electron chi connectivity index (χ4n) is 4.49. The number of benzene rings is 1. The molecule has 0 aliphatic carbocycles. The molecule has 0 unspecified atom stereocenters. The van der Waals surface area contributed by atoms with Crippen LogP contribution in [0.2, 0.25) is 5.02 Å². The Morgan fingerprint density at radius 3 is 2.61 bits per heavy atom. The number of nitrogens with one attached hydrogen (secondary N) is 2. The maximum atomic E-state index is 13.7. The number of amides is 1. The van der Waals surface area contributed by atoms with Gasteiger partial charge < -0.3 is 19.1 Å². The van der Waals surface area contributed by atoms with Crippen molar-refractivity contribution in [3.8, 4) is 0 Å². The molecule has 1 aliphatic heterocycles. The van der Waals surface area contributed by atoms with Gasteiger partial charge in [0.1, 0.15) is 5.56 Å². The summed E-state index contributed by atoms with van der Waals surface area (Å²) in [7, 11) is 1.78. The smallest absolute Gasteiger partial charge is 0.345 e. The molecular weight excluding hydrogens is 502 g/mol. The normalized spacial score (nSPS) is 13.9. The maximum Gasteiger partial charge on any atom is 0.345 e. The number of thiophene rings is 1. The van der Waals surface area contributed by atoms with Crippen LogP contribution in [0.1, 0.15) is 33.4 Å². The number of hydrogen-bond acceptors (Lipinski definition) is 8. The number of carbonyl (C=O) groups is 2. The molecule has 0 radical (unpaired) electrons. The number of rotatable bonds is 9. The van der Waals surface area contributed by atoms with E-state index < -0.39 is 5.97 Å². The molecule has 36 heavy (non-hydrogen) atoms. The zero-order chi connectivity index (χ0) is 25.7. The summed E-state index contributed by atoms with van der Waals surface area (Å²) < 4.78 is 6.95. The van der Waals surface area contributed by atoms with E-state index in [1.54, 1.807) is 35.6 Å². The summed E-state index contributed by atoms with van der Waals surface area (Å²) in [6.45, 7) is 4.82. The van der Waals surface area contributed by atoms with Gasteiger partial charge in [-0.3, -0.25) is 20.4 Å². The average molecular weight is 532 g/mol. The van der Waals surface area contributed by atoms with Gasteiger partial charge in [0.2, 0.25) is 0 Å². The van der Waals surface area contributed by atoms with Crippen LogP contribution in [0.4, 0.5) is 5.69 Å². The van der Waals surface area contributed by atoms with Crippen molar-refractivity contribution in [1.82, 2.24) is 20.3 Å². The van der Waals surface area contributed by atoms with E-state index in [4.69, 9.17) is 16.3 Å². The van der Waals surface area contributed by atoms with E-state index in [-0.39, 0.29) is 23.6 Å². The first-order valence-corrected chi connectivity index (χ1v) is 13.2. The molecule has 2 aromatic heterocycles. The number of pyridine rings is 1. The molecule has 0 spiro atoms. The van der Waals surface area contributed by atoms with Crippen LogP contribution in [0, 0.1) is 0 Å². The number of anilines is 1. The van der Waals surface area contributed by atoms with E-state index >= 15 is 0 Å². The molecule has 0 atom stereocenters. The van der Waals surface area contributed by atoms with Gasteiger partial charge in [-0.25, -0.2) is 4.79 Å². The zero-order valence-corrected chi connectivity index (χ0v) is 22.0. The molecule has 1 fully saturated rings. The highest BCUT2D eigenvalue weighted by Gasteiger charge is 2.30. The number of fused-ring (bicyclic) bond motifs is 1. The highest BCUT2D eigenvalue weighted by atomic mass is 35.5. The number of piperazine rings is 1. The van der Waals surface area contributed by atoms with Crippen molar-refractivity contribution >= 4 is 51.4 Å². The first-order chi connectivity index (χ1) is 17.5. The van der Waals surface area contributed by atoms with Crippen LogP contribution in [-0.4, -0.2) is 67.7 Å². The summed E-state index contributed by atoms with van der Waals surface area (Å²) in [6, 6.07) is 9.04. The zero-order valence-electron chi connectivity index (χ0n) is 20.4. The van der Waals surface area contributed by atoms with E-state index in [2.05, 4.69) is 10.9 Å². The lowest BCUT2D eigenvalue weighted by atomic mass is 10.1. The molecule has 1 aromatic carbocycles. The minimum atomic E-state index is -0.654. The molecule has 4 rings (SSSR count). The molecule has 11 heteroatoms. The van der Waals surface area contributed by atoms with Crippen LogP contribution in [0.15, 0.2) is 40.5 Å². The second-order valence-corrected chi connectivity index (χ2v) is 9.73. The van der Waals surface area contributed by atoms with Crippen molar-refractivity contribution in [2.75, 3.05) is 51.3 Å². The maximum absolute atomic E-state index is 13.7. The Labute approximate surface area is 218 Å². The second kappa shape index (κ2) is 11.9. The lowest BCUT2D eigenvalue weighted by Crippen LogP contribution is -2.49. The van der Waals surface area contributed by atoms with Gasteiger partial charge in [0, 0.05) is 49.7 Å². The molecule has 2 N–H and O–H groups in total. The summed E-state index contributed by atoms with van der Waals surface area (Å²) >= 11 is 7.81. The largest absolute Gasteiger partial charge is 0.462 e. The Morgan fingerprint density at radius 1 is 1.17 bits per heavy atom. The predicted molar refractivity (Wildman–Crippen MR) is 143 cm³/mol. The van der Waals surface area contributed by atoms with Gasteiger partial charge in [-0.1, -0.05) is 17.7 Å². The highest BCUT2D eigenvalue weighted by Crippen LogP contribution is 2.33. The topological polar surface area (TPSA) is 95.9 Å². The van der Waals surface area contributed by atoms with E-state index in [1.165, 1.54) is 11.3 Å². The van der Waals surface area contributed by atoms with Crippen molar-refractivity contribution in [1.29, 1.82) is 0 Å². The fourth-order valence-corrected chi connectivity index (χ4v) is 5.35. The molecule has 9 nitrogen and oxygen atoms in total. The molecule has 192 valence electrons. The molecule has 3 heterocycles. The van der Waals surface area contributed by atoms with Crippen LogP contribution in [0.5, 0.6) is 0 Å². The number of nitrogens with zero attached hydrogens (tertiary/aromatic N) is 3. The first-order valence-electron chi connectivity index (χ1n) is 12.0. The van der Waals surface area contributed by atoms with Crippen LogP contribution >= 0.6 is 22.9 Å². The van der Waals surface area contributed by atoms with Gasteiger partial charge in [0.15, 0.2) is 0 Å². The minimum absolute atomic E-state index is 0.00576. The molecular formula is C25H30ClN5O4S. The van der Waals surface area contributed by atoms with Crippen LogP contribution < -0.4 is 21.3 Å². The van der Waals surface area contributed by atoms with Crippen LogP contribution in [-0.2, 0) is 11.3 Å². The van der Waals surface area contributed by atoms with Crippen LogP contribution in [0.25, 0.3) is 10.9 Å². The molecule has 1 amide bonds. The third-order valence-corrected chi connectivity index (χ3v) is 7.25. The number of ether oxygens (including phenoxy) is 1. The third-order valence-electron chi connectivity index (χ3n) is 6.16. The van der Waals surface area contributed by atoms with Crippen molar-refractivity contribution in [3.05, 3.63) is 61.5 Å². The summed E-state index contributed by atoms with van der Waals surface area (Å²) in [5, 5.41) is 3.10. The van der Waals surface area contributed by atoms with Crippen LogP contribution in [0.3, 0.4) is 0 Å². The Kier molecular flexibility index (Phi) is 8.63. The molecule has 3 aromatic rings. The van der Waals surface area contributed by atoms with Crippen molar-refractivity contribution in [2.45, 2.75) is 19.9 Å². The van der Waals surface area contributed by atoms with Gasteiger partial charge in [0.05, 0.1) is 22.7 Å². The number of aromatic nitrogens is 1. The Balaban J connectivity index is 1.75. The predicted octanol–water partition coefficient (Wildman–Crippen LogP) is 2.97. The molecule has 0 saturated carbocycles. The number of esters is 1.